The predicted octanol–water partition coefficient (Wildman–Crippen LogP) is 1.59. The van der Waals surface area contributed by atoms with E-state index >= 15 is 0 Å². The molecule has 4 nitrogen and oxygen atoms in total. The van der Waals surface area contributed by atoms with Gasteiger partial charge in [0.25, 0.3) is 0 Å². The van der Waals surface area contributed by atoms with Crippen LogP contribution in [-0.2, 0) is 12.8 Å². The van der Waals surface area contributed by atoms with Crippen molar-refractivity contribution >= 4 is 0 Å². The van der Waals surface area contributed by atoms with Crippen LogP contribution >= 0.6 is 0 Å². The lowest BCUT2D eigenvalue weighted by Crippen LogP contribution is -2.16. The summed E-state index contributed by atoms with van der Waals surface area (Å²) >= 11 is 0. The number of rotatable bonds is 2. The van der Waals surface area contributed by atoms with Crippen LogP contribution in [0.4, 0.5) is 0 Å². The maximum Gasteiger partial charge on any atom is 0.161 e. The standard InChI is InChI=1S/C12H10N2O2/c13-3-1-9-7-11-12(16-6-5-15-11)8-10(9)2-4-14/h7-8H,1-2,5-6H2. The Bertz CT molecular complexity index is 438. The molecule has 0 aliphatic carbocycles. The third-order valence-electron chi connectivity index (χ3n) is 2.40. The summed E-state index contributed by atoms with van der Waals surface area (Å²) in [6.45, 7) is 1.05. The van der Waals surface area contributed by atoms with Gasteiger partial charge in [-0.2, -0.15) is 10.5 Å². The first kappa shape index (κ1) is 10.3. The molecule has 1 aliphatic rings. The molecule has 0 N–H and O–H groups in total. The topological polar surface area (TPSA) is 66.0 Å². The van der Waals surface area contributed by atoms with E-state index in [1.807, 2.05) is 0 Å². The SMILES string of the molecule is N#CCc1cc2c(cc1CC#N)OCCO2. The highest BCUT2D eigenvalue weighted by atomic mass is 16.6. The maximum absolute atomic E-state index is 8.71. The first-order valence-corrected chi connectivity index (χ1v) is 5.00. The van der Waals surface area contributed by atoms with Crippen LogP contribution in [0.1, 0.15) is 11.1 Å². The molecule has 0 aromatic heterocycles. The van der Waals surface area contributed by atoms with E-state index in [-0.39, 0.29) is 12.8 Å². The minimum absolute atomic E-state index is 0.285. The molecule has 0 atom stereocenters. The van der Waals surface area contributed by atoms with Crippen molar-refractivity contribution in [2.24, 2.45) is 0 Å². The largest absolute Gasteiger partial charge is 0.486 e. The number of hydrogen-bond donors (Lipinski definition) is 0. The fourth-order valence-electron chi connectivity index (χ4n) is 1.67. The molecule has 0 unspecified atom stereocenters. The molecular formula is C12H10N2O2. The smallest absolute Gasteiger partial charge is 0.161 e. The monoisotopic (exact) mass is 214 g/mol. The van der Waals surface area contributed by atoms with Crippen molar-refractivity contribution in [2.75, 3.05) is 13.2 Å². The molecule has 16 heavy (non-hydrogen) atoms. The fraction of sp³-hybridized carbons (Fsp3) is 0.333. The van der Waals surface area contributed by atoms with Gasteiger partial charge in [0.15, 0.2) is 11.5 Å². The second-order valence-electron chi connectivity index (χ2n) is 3.43. The molecule has 1 aliphatic heterocycles. The lowest BCUT2D eigenvalue weighted by Gasteiger charge is -2.20. The molecule has 1 heterocycles. The van der Waals surface area contributed by atoms with E-state index in [9.17, 15) is 0 Å². The van der Waals surface area contributed by atoms with E-state index in [2.05, 4.69) is 12.1 Å². The summed E-state index contributed by atoms with van der Waals surface area (Å²) in [5, 5.41) is 17.4. The van der Waals surface area contributed by atoms with E-state index in [1.54, 1.807) is 12.1 Å². The molecule has 0 spiro atoms. The van der Waals surface area contributed by atoms with Gasteiger partial charge in [-0.15, -0.1) is 0 Å². The molecule has 0 radical (unpaired) electrons. The first-order chi connectivity index (χ1) is 7.85. The summed E-state index contributed by atoms with van der Waals surface area (Å²) in [7, 11) is 0. The minimum atomic E-state index is 0.285. The Kier molecular flexibility index (Phi) is 2.93. The van der Waals surface area contributed by atoms with Crippen LogP contribution in [0.3, 0.4) is 0 Å². The summed E-state index contributed by atoms with van der Waals surface area (Å²) in [5.74, 6) is 1.33. The Morgan fingerprint density at radius 2 is 1.38 bits per heavy atom. The molecule has 4 heteroatoms. The van der Waals surface area contributed by atoms with Crippen LogP contribution in [0, 0.1) is 22.7 Å². The van der Waals surface area contributed by atoms with Crippen LogP contribution in [0.2, 0.25) is 0 Å². The molecule has 0 amide bonds. The van der Waals surface area contributed by atoms with E-state index in [0.29, 0.717) is 24.7 Å². The van der Waals surface area contributed by atoms with Crippen LogP contribution in [0.25, 0.3) is 0 Å². The zero-order chi connectivity index (χ0) is 11.4. The first-order valence-electron chi connectivity index (χ1n) is 5.00. The molecule has 2 rings (SSSR count). The van der Waals surface area contributed by atoms with Crippen molar-refractivity contribution in [3.05, 3.63) is 23.3 Å². The van der Waals surface area contributed by atoms with Gasteiger partial charge in [-0.25, -0.2) is 0 Å². The predicted molar refractivity (Wildman–Crippen MR) is 56.1 cm³/mol. The molecule has 0 saturated heterocycles. The van der Waals surface area contributed by atoms with E-state index < -0.39 is 0 Å². The molecule has 1 aromatic rings. The van der Waals surface area contributed by atoms with Crippen LogP contribution in [0.5, 0.6) is 11.5 Å². The Morgan fingerprint density at radius 3 is 1.75 bits per heavy atom. The summed E-state index contributed by atoms with van der Waals surface area (Å²) in [4.78, 5) is 0. The number of nitriles is 2. The maximum atomic E-state index is 8.71. The number of nitrogens with zero attached hydrogens (tertiary/aromatic N) is 2. The quantitative estimate of drug-likeness (QED) is 0.749. The van der Waals surface area contributed by atoms with Gasteiger partial charge in [0.05, 0.1) is 25.0 Å². The van der Waals surface area contributed by atoms with Crippen LogP contribution in [0.15, 0.2) is 12.1 Å². The van der Waals surface area contributed by atoms with Gasteiger partial charge in [-0.05, 0) is 23.3 Å². The third-order valence-corrected chi connectivity index (χ3v) is 2.40. The number of fused-ring (bicyclic) bond motifs is 1. The summed E-state index contributed by atoms with van der Waals surface area (Å²) in [6.07, 6.45) is 0.571. The Hall–Kier alpha value is -2.20. The third kappa shape index (κ3) is 1.92. The summed E-state index contributed by atoms with van der Waals surface area (Å²) in [6, 6.07) is 7.76. The Morgan fingerprint density at radius 1 is 0.938 bits per heavy atom. The highest BCUT2D eigenvalue weighted by molar-refractivity contribution is 5.49. The van der Waals surface area contributed by atoms with Gasteiger partial charge in [0.1, 0.15) is 13.2 Å². The number of ether oxygens (including phenoxy) is 2. The van der Waals surface area contributed by atoms with Crippen molar-refractivity contribution in [3.63, 3.8) is 0 Å². The van der Waals surface area contributed by atoms with Gasteiger partial charge in [0, 0.05) is 0 Å². The van der Waals surface area contributed by atoms with E-state index in [0.717, 1.165) is 11.1 Å². The second kappa shape index (κ2) is 4.55. The van der Waals surface area contributed by atoms with Crippen molar-refractivity contribution < 1.29 is 9.47 Å². The second-order valence-corrected chi connectivity index (χ2v) is 3.43. The molecule has 0 bridgehead atoms. The molecule has 80 valence electrons. The lowest BCUT2D eigenvalue weighted by molar-refractivity contribution is 0.171. The van der Waals surface area contributed by atoms with Crippen molar-refractivity contribution in [1.82, 2.24) is 0 Å². The van der Waals surface area contributed by atoms with Crippen LogP contribution in [-0.4, -0.2) is 13.2 Å². The van der Waals surface area contributed by atoms with Gasteiger partial charge in [-0.3, -0.25) is 0 Å². The number of hydrogen-bond acceptors (Lipinski definition) is 4. The molecule has 0 fully saturated rings. The fourth-order valence-corrected chi connectivity index (χ4v) is 1.67. The molecular weight excluding hydrogens is 204 g/mol. The van der Waals surface area contributed by atoms with E-state index in [1.165, 1.54) is 0 Å². The van der Waals surface area contributed by atoms with Crippen molar-refractivity contribution in [2.45, 2.75) is 12.8 Å². The van der Waals surface area contributed by atoms with Gasteiger partial charge in [0.2, 0.25) is 0 Å². The van der Waals surface area contributed by atoms with Gasteiger partial charge in [-0.1, -0.05) is 0 Å². The highest BCUT2D eigenvalue weighted by Crippen LogP contribution is 2.33. The van der Waals surface area contributed by atoms with E-state index in [4.69, 9.17) is 20.0 Å². The highest BCUT2D eigenvalue weighted by Gasteiger charge is 2.15. The zero-order valence-corrected chi connectivity index (χ0v) is 8.69. The average molecular weight is 214 g/mol. The number of benzene rings is 1. The summed E-state index contributed by atoms with van der Waals surface area (Å²) < 4.78 is 10.9. The van der Waals surface area contributed by atoms with Gasteiger partial charge < -0.3 is 9.47 Å². The normalized spacial score (nSPS) is 12.6. The average Bonchev–Trinajstić information content (AvgIpc) is 2.30. The van der Waals surface area contributed by atoms with Crippen molar-refractivity contribution in [1.29, 1.82) is 10.5 Å². The van der Waals surface area contributed by atoms with Gasteiger partial charge >= 0.3 is 0 Å². The Balaban J connectivity index is 2.43. The Labute approximate surface area is 93.6 Å². The van der Waals surface area contributed by atoms with Crippen molar-refractivity contribution in [3.8, 4) is 23.6 Å². The zero-order valence-electron chi connectivity index (χ0n) is 8.69. The minimum Gasteiger partial charge on any atom is -0.486 e. The molecule has 0 saturated carbocycles. The molecule has 1 aromatic carbocycles. The lowest BCUT2D eigenvalue weighted by atomic mass is 10.0. The van der Waals surface area contributed by atoms with Crippen LogP contribution < -0.4 is 9.47 Å². The summed E-state index contributed by atoms with van der Waals surface area (Å²) in [5.41, 5.74) is 1.68.